The quantitative estimate of drug-likeness (QED) is 0.935. The molecular formula is C14H19N5OS. The maximum Gasteiger partial charge on any atom is 0.263 e. The fourth-order valence-electron chi connectivity index (χ4n) is 2.62. The predicted octanol–water partition coefficient (Wildman–Crippen LogP) is 1.58. The number of aryl methyl sites for hydroxylation is 2. The third-order valence-electron chi connectivity index (χ3n) is 3.66. The number of nitrogens with one attached hydrogen (secondary N) is 1. The molecule has 2 aromatic rings. The van der Waals surface area contributed by atoms with Crippen molar-refractivity contribution in [2.24, 2.45) is 7.05 Å². The summed E-state index contributed by atoms with van der Waals surface area (Å²) in [5.41, 5.74) is 1.12. The first-order valence-electron chi connectivity index (χ1n) is 7.09. The number of rotatable bonds is 3. The predicted molar refractivity (Wildman–Crippen MR) is 82.8 cm³/mol. The highest BCUT2D eigenvalue weighted by molar-refractivity contribution is 7.13. The van der Waals surface area contributed by atoms with Gasteiger partial charge in [-0.05, 0) is 19.8 Å². The van der Waals surface area contributed by atoms with E-state index in [1.807, 2.05) is 26.4 Å². The second-order valence-corrected chi connectivity index (χ2v) is 6.61. The van der Waals surface area contributed by atoms with Crippen molar-refractivity contribution in [3.63, 3.8) is 0 Å². The molecule has 7 heteroatoms. The van der Waals surface area contributed by atoms with E-state index in [-0.39, 0.29) is 11.9 Å². The number of carbonyl (C=O) groups excluding carboxylic acids is 1. The lowest BCUT2D eigenvalue weighted by Gasteiger charge is -2.33. The summed E-state index contributed by atoms with van der Waals surface area (Å²) in [6, 6.07) is 0.175. The van der Waals surface area contributed by atoms with Gasteiger partial charge in [-0.15, -0.1) is 11.3 Å². The molecule has 1 aliphatic heterocycles. The van der Waals surface area contributed by atoms with Crippen LogP contribution in [0.4, 0.5) is 5.69 Å². The van der Waals surface area contributed by atoms with Gasteiger partial charge >= 0.3 is 0 Å². The number of amides is 1. The van der Waals surface area contributed by atoms with Crippen molar-refractivity contribution in [3.05, 3.63) is 28.5 Å². The highest BCUT2D eigenvalue weighted by Crippen LogP contribution is 2.19. The molecule has 1 saturated heterocycles. The largest absolute Gasteiger partial charge is 0.367 e. The number of thiazole rings is 1. The molecular weight excluding hydrogens is 286 g/mol. The van der Waals surface area contributed by atoms with Gasteiger partial charge in [0.05, 0.1) is 23.1 Å². The number of piperidine rings is 1. The van der Waals surface area contributed by atoms with Crippen LogP contribution in [0.2, 0.25) is 0 Å². The zero-order valence-corrected chi connectivity index (χ0v) is 13.1. The number of aromatic nitrogens is 3. The molecule has 3 heterocycles. The molecule has 21 heavy (non-hydrogen) atoms. The molecule has 6 nitrogen and oxygen atoms in total. The summed E-state index contributed by atoms with van der Waals surface area (Å²) < 4.78 is 1.80. The summed E-state index contributed by atoms with van der Waals surface area (Å²) in [5, 5.41) is 8.24. The lowest BCUT2D eigenvalue weighted by atomic mass is 10.1. The third-order valence-corrected chi connectivity index (χ3v) is 4.57. The smallest absolute Gasteiger partial charge is 0.263 e. The van der Waals surface area contributed by atoms with Crippen LogP contribution in [0, 0.1) is 6.92 Å². The molecule has 0 unspecified atom stereocenters. The Morgan fingerprint density at radius 1 is 1.48 bits per heavy atom. The first-order valence-corrected chi connectivity index (χ1v) is 7.90. The Morgan fingerprint density at radius 2 is 2.33 bits per heavy atom. The van der Waals surface area contributed by atoms with Gasteiger partial charge in [0.2, 0.25) is 0 Å². The second-order valence-electron chi connectivity index (χ2n) is 5.37. The first-order chi connectivity index (χ1) is 10.1. The minimum atomic E-state index is -0.0152. The molecule has 0 radical (unpaired) electrons. The van der Waals surface area contributed by atoms with Crippen molar-refractivity contribution in [2.45, 2.75) is 25.8 Å². The first kappa shape index (κ1) is 14.1. The summed E-state index contributed by atoms with van der Waals surface area (Å²) >= 11 is 1.43. The molecule has 3 rings (SSSR count). The maximum absolute atomic E-state index is 12.2. The molecule has 0 bridgehead atoms. The summed E-state index contributed by atoms with van der Waals surface area (Å²) in [7, 11) is 1.92. The average molecular weight is 305 g/mol. The van der Waals surface area contributed by atoms with Gasteiger partial charge in [-0.3, -0.25) is 9.48 Å². The van der Waals surface area contributed by atoms with Gasteiger partial charge in [0.1, 0.15) is 4.88 Å². The number of nitrogens with zero attached hydrogens (tertiary/aromatic N) is 4. The molecule has 0 spiro atoms. The van der Waals surface area contributed by atoms with E-state index >= 15 is 0 Å². The van der Waals surface area contributed by atoms with E-state index in [9.17, 15) is 4.79 Å². The van der Waals surface area contributed by atoms with E-state index in [1.165, 1.54) is 11.3 Å². The van der Waals surface area contributed by atoms with Gasteiger partial charge in [-0.2, -0.15) is 5.10 Å². The van der Waals surface area contributed by atoms with Crippen molar-refractivity contribution in [1.82, 2.24) is 20.1 Å². The Bertz CT molecular complexity index is 635. The van der Waals surface area contributed by atoms with E-state index < -0.39 is 0 Å². The van der Waals surface area contributed by atoms with Gasteiger partial charge in [0.25, 0.3) is 5.91 Å². The van der Waals surface area contributed by atoms with Crippen LogP contribution in [0.3, 0.4) is 0 Å². The van der Waals surface area contributed by atoms with E-state index in [4.69, 9.17) is 0 Å². The van der Waals surface area contributed by atoms with Crippen LogP contribution in [0.15, 0.2) is 18.6 Å². The lowest BCUT2D eigenvalue weighted by Crippen LogP contribution is -2.47. The van der Waals surface area contributed by atoms with Crippen molar-refractivity contribution in [3.8, 4) is 0 Å². The number of hydrogen-bond acceptors (Lipinski definition) is 5. The van der Waals surface area contributed by atoms with Crippen molar-refractivity contribution in [1.29, 1.82) is 0 Å². The van der Waals surface area contributed by atoms with Crippen LogP contribution in [0.25, 0.3) is 0 Å². The van der Waals surface area contributed by atoms with Crippen LogP contribution in [-0.2, 0) is 7.05 Å². The fraction of sp³-hybridized carbons (Fsp3) is 0.500. The van der Waals surface area contributed by atoms with Crippen molar-refractivity contribution in [2.75, 3.05) is 18.0 Å². The van der Waals surface area contributed by atoms with Crippen LogP contribution < -0.4 is 10.2 Å². The van der Waals surface area contributed by atoms with Gasteiger partial charge in [0, 0.05) is 32.4 Å². The molecule has 2 aromatic heterocycles. The zero-order valence-electron chi connectivity index (χ0n) is 12.2. The highest BCUT2D eigenvalue weighted by atomic mass is 32.1. The third kappa shape index (κ3) is 3.24. The Morgan fingerprint density at radius 3 is 3.00 bits per heavy atom. The highest BCUT2D eigenvalue weighted by Gasteiger charge is 2.23. The Kier molecular flexibility index (Phi) is 3.92. The minimum absolute atomic E-state index is 0.0152. The molecule has 0 aromatic carbocycles. The van der Waals surface area contributed by atoms with Crippen LogP contribution in [0.1, 0.15) is 27.5 Å². The van der Waals surface area contributed by atoms with Gasteiger partial charge in [-0.1, -0.05) is 0 Å². The van der Waals surface area contributed by atoms with Gasteiger partial charge in [-0.25, -0.2) is 4.98 Å². The molecule has 1 atom stereocenters. The van der Waals surface area contributed by atoms with Crippen molar-refractivity contribution < 1.29 is 4.79 Å². The lowest BCUT2D eigenvalue weighted by molar-refractivity contribution is 0.0937. The summed E-state index contributed by atoms with van der Waals surface area (Å²) in [5.74, 6) is -0.0152. The van der Waals surface area contributed by atoms with E-state index in [0.29, 0.717) is 4.88 Å². The van der Waals surface area contributed by atoms with E-state index in [1.54, 1.807) is 10.9 Å². The van der Waals surface area contributed by atoms with Gasteiger partial charge < -0.3 is 10.2 Å². The van der Waals surface area contributed by atoms with Gasteiger partial charge in [0.15, 0.2) is 0 Å². The van der Waals surface area contributed by atoms with Crippen LogP contribution in [-0.4, -0.2) is 39.8 Å². The molecule has 0 saturated carbocycles. The topological polar surface area (TPSA) is 63.1 Å². The average Bonchev–Trinajstić information content (AvgIpc) is 3.08. The normalized spacial score (nSPS) is 18.8. The second kappa shape index (κ2) is 5.85. The Labute approximate surface area is 127 Å². The summed E-state index contributed by atoms with van der Waals surface area (Å²) in [6.07, 6.45) is 7.62. The fourth-order valence-corrected chi connectivity index (χ4v) is 3.30. The Balaban J connectivity index is 1.62. The number of anilines is 1. The number of carbonyl (C=O) groups is 1. The van der Waals surface area contributed by atoms with Crippen molar-refractivity contribution >= 4 is 22.9 Å². The molecule has 1 aliphatic rings. The van der Waals surface area contributed by atoms with Crippen LogP contribution in [0.5, 0.6) is 0 Å². The summed E-state index contributed by atoms with van der Waals surface area (Å²) in [6.45, 7) is 3.75. The Hall–Kier alpha value is -1.89. The number of hydrogen-bond donors (Lipinski definition) is 1. The molecule has 1 fully saturated rings. The zero-order chi connectivity index (χ0) is 14.8. The molecule has 1 amide bonds. The van der Waals surface area contributed by atoms with E-state index in [0.717, 1.165) is 36.6 Å². The molecule has 0 aliphatic carbocycles. The molecule has 1 N–H and O–H groups in total. The van der Waals surface area contributed by atoms with E-state index in [2.05, 4.69) is 20.3 Å². The monoisotopic (exact) mass is 305 g/mol. The maximum atomic E-state index is 12.2. The SMILES string of the molecule is Cc1ncc(C(=O)N[C@@H]2CCCN(c3cnn(C)c3)C2)s1. The standard InChI is InChI=1S/C14H19N5OS/c1-10-15-7-13(21-10)14(20)17-11-4-3-5-19(8-11)12-6-16-18(2)9-12/h6-7,9,11H,3-5,8H2,1-2H3,(H,17,20)/t11-/m1/s1. The van der Waals surface area contributed by atoms with Crippen LogP contribution >= 0.6 is 11.3 Å². The summed E-state index contributed by atoms with van der Waals surface area (Å²) in [4.78, 5) is 19.3. The minimum Gasteiger partial charge on any atom is -0.367 e. The molecule has 112 valence electrons.